The lowest BCUT2D eigenvalue weighted by atomic mass is 10.0. The zero-order valence-electron chi connectivity index (χ0n) is 11.0. The Hall–Kier alpha value is -1.33. The topological polar surface area (TPSA) is 68.3 Å². The van der Waals surface area contributed by atoms with Gasteiger partial charge in [0.1, 0.15) is 0 Å². The zero-order chi connectivity index (χ0) is 13.1. The maximum atomic E-state index is 12.4. The Labute approximate surface area is 118 Å². The molecule has 1 unspecified atom stereocenters. The first-order chi connectivity index (χ1) is 8.63. The molecular weight excluding hydrogens is 266 g/mol. The van der Waals surface area contributed by atoms with Gasteiger partial charge < -0.3 is 15.2 Å². The van der Waals surface area contributed by atoms with Gasteiger partial charge in [0, 0.05) is 44.0 Å². The number of nitrogens with two attached hydrogens (primary N) is 1. The molecule has 0 aliphatic carbocycles. The predicted molar refractivity (Wildman–Crippen MR) is 76.7 cm³/mol. The maximum absolute atomic E-state index is 12.4. The summed E-state index contributed by atoms with van der Waals surface area (Å²) in [6.07, 6.45) is 4.69. The lowest BCUT2D eigenvalue weighted by Gasteiger charge is -2.35. The standard InChI is InChI=1S/C13H19N3O2.ClH/c1-15-7-5-10(8-12(15)17)13(18)16-6-3-2-4-11(16)9-14;/h5,7-8,11H,2-4,6,9,14H2,1H3;1H. The van der Waals surface area contributed by atoms with Gasteiger partial charge in [-0.25, -0.2) is 0 Å². The smallest absolute Gasteiger partial charge is 0.254 e. The number of aromatic nitrogens is 1. The summed E-state index contributed by atoms with van der Waals surface area (Å²) in [6.45, 7) is 1.21. The van der Waals surface area contributed by atoms with Crippen molar-refractivity contribution in [1.29, 1.82) is 0 Å². The fourth-order valence-corrected chi connectivity index (χ4v) is 2.36. The second kappa shape index (κ2) is 6.73. The van der Waals surface area contributed by atoms with Crippen LogP contribution < -0.4 is 11.3 Å². The Morgan fingerprint density at radius 1 is 1.47 bits per heavy atom. The van der Waals surface area contributed by atoms with Crippen molar-refractivity contribution in [3.05, 3.63) is 34.2 Å². The van der Waals surface area contributed by atoms with Crippen molar-refractivity contribution in [3.8, 4) is 0 Å². The molecule has 1 aliphatic rings. The van der Waals surface area contributed by atoms with E-state index in [4.69, 9.17) is 5.73 Å². The van der Waals surface area contributed by atoms with Gasteiger partial charge in [-0.1, -0.05) is 0 Å². The van der Waals surface area contributed by atoms with E-state index in [0.29, 0.717) is 12.1 Å². The van der Waals surface area contributed by atoms with Crippen LogP contribution in [0.2, 0.25) is 0 Å². The Kier molecular flexibility index (Phi) is 5.57. The van der Waals surface area contributed by atoms with Gasteiger partial charge in [0.25, 0.3) is 11.5 Å². The lowest BCUT2D eigenvalue weighted by Crippen LogP contribution is -2.47. The molecule has 19 heavy (non-hydrogen) atoms. The molecule has 2 N–H and O–H groups in total. The number of hydrogen-bond acceptors (Lipinski definition) is 3. The number of carbonyl (C=O) groups excluding carboxylic acids is 1. The maximum Gasteiger partial charge on any atom is 0.254 e. The zero-order valence-corrected chi connectivity index (χ0v) is 11.9. The molecule has 5 nitrogen and oxygen atoms in total. The van der Waals surface area contributed by atoms with Gasteiger partial charge >= 0.3 is 0 Å². The first-order valence-electron chi connectivity index (χ1n) is 6.31. The van der Waals surface area contributed by atoms with Crippen LogP contribution in [0.1, 0.15) is 29.6 Å². The number of rotatable bonds is 2. The van der Waals surface area contributed by atoms with Crippen molar-refractivity contribution in [3.63, 3.8) is 0 Å². The summed E-state index contributed by atoms with van der Waals surface area (Å²) in [4.78, 5) is 25.7. The van der Waals surface area contributed by atoms with E-state index in [1.54, 1.807) is 24.2 Å². The average molecular weight is 286 g/mol. The minimum absolute atomic E-state index is 0. The van der Waals surface area contributed by atoms with Crippen molar-refractivity contribution < 1.29 is 4.79 Å². The SMILES string of the molecule is Cl.Cn1ccc(C(=O)N2CCCCC2CN)cc1=O. The summed E-state index contributed by atoms with van der Waals surface area (Å²) in [5, 5.41) is 0. The van der Waals surface area contributed by atoms with E-state index in [2.05, 4.69) is 0 Å². The van der Waals surface area contributed by atoms with Crippen LogP contribution >= 0.6 is 12.4 Å². The van der Waals surface area contributed by atoms with Crippen LogP contribution in [0.25, 0.3) is 0 Å². The molecule has 0 saturated carbocycles. The Bertz CT molecular complexity index is 501. The number of pyridine rings is 1. The van der Waals surface area contributed by atoms with E-state index < -0.39 is 0 Å². The quantitative estimate of drug-likeness (QED) is 0.872. The van der Waals surface area contributed by atoms with Gasteiger partial charge in [0.15, 0.2) is 0 Å². The minimum Gasteiger partial charge on any atom is -0.334 e. The van der Waals surface area contributed by atoms with Crippen LogP contribution in [-0.4, -0.2) is 34.5 Å². The van der Waals surface area contributed by atoms with Crippen LogP contribution in [0, 0.1) is 0 Å². The monoisotopic (exact) mass is 285 g/mol. The summed E-state index contributed by atoms with van der Waals surface area (Å²) in [7, 11) is 1.67. The highest BCUT2D eigenvalue weighted by molar-refractivity contribution is 5.94. The van der Waals surface area contributed by atoms with E-state index in [0.717, 1.165) is 25.8 Å². The fourth-order valence-electron chi connectivity index (χ4n) is 2.36. The first-order valence-corrected chi connectivity index (χ1v) is 6.31. The number of piperidine rings is 1. The summed E-state index contributed by atoms with van der Waals surface area (Å²) in [5.74, 6) is -0.0807. The summed E-state index contributed by atoms with van der Waals surface area (Å²) in [5.41, 5.74) is 6.00. The highest BCUT2D eigenvalue weighted by atomic mass is 35.5. The van der Waals surface area contributed by atoms with Crippen molar-refractivity contribution in [1.82, 2.24) is 9.47 Å². The van der Waals surface area contributed by atoms with Crippen LogP contribution in [0.3, 0.4) is 0 Å². The van der Waals surface area contributed by atoms with Gasteiger partial charge in [-0.3, -0.25) is 9.59 Å². The third kappa shape index (κ3) is 3.36. The van der Waals surface area contributed by atoms with Crippen molar-refractivity contribution >= 4 is 18.3 Å². The normalized spacial score (nSPS) is 18.8. The molecule has 1 aliphatic heterocycles. The Morgan fingerprint density at radius 3 is 2.84 bits per heavy atom. The summed E-state index contributed by atoms with van der Waals surface area (Å²) in [6, 6.07) is 3.19. The average Bonchev–Trinajstić information content (AvgIpc) is 2.41. The number of halogens is 1. The van der Waals surface area contributed by atoms with Crippen LogP contribution in [-0.2, 0) is 7.05 Å². The van der Waals surface area contributed by atoms with Crippen LogP contribution in [0.5, 0.6) is 0 Å². The highest BCUT2D eigenvalue weighted by Crippen LogP contribution is 2.18. The fraction of sp³-hybridized carbons (Fsp3) is 0.538. The highest BCUT2D eigenvalue weighted by Gasteiger charge is 2.26. The molecule has 1 amide bonds. The van der Waals surface area contributed by atoms with E-state index in [1.165, 1.54) is 10.6 Å². The molecule has 6 heteroatoms. The van der Waals surface area contributed by atoms with Gasteiger partial charge in [0.2, 0.25) is 0 Å². The lowest BCUT2D eigenvalue weighted by molar-refractivity contribution is 0.0623. The van der Waals surface area contributed by atoms with Crippen LogP contribution in [0.4, 0.5) is 0 Å². The molecule has 1 fully saturated rings. The molecule has 106 valence electrons. The molecular formula is C13H20ClN3O2. The molecule has 0 aromatic carbocycles. The number of hydrogen-bond donors (Lipinski definition) is 1. The first kappa shape index (κ1) is 15.7. The van der Waals surface area contributed by atoms with Gasteiger partial charge in [-0.15, -0.1) is 12.4 Å². The molecule has 2 heterocycles. The van der Waals surface area contributed by atoms with E-state index in [-0.39, 0.29) is 29.9 Å². The molecule has 0 radical (unpaired) electrons. The third-order valence-electron chi connectivity index (χ3n) is 3.51. The largest absolute Gasteiger partial charge is 0.334 e. The number of carbonyl (C=O) groups is 1. The molecule has 0 spiro atoms. The molecule has 1 aromatic heterocycles. The van der Waals surface area contributed by atoms with Gasteiger partial charge in [-0.2, -0.15) is 0 Å². The Morgan fingerprint density at radius 2 is 2.21 bits per heavy atom. The summed E-state index contributed by atoms with van der Waals surface area (Å²) >= 11 is 0. The third-order valence-corrected chi connectivity index (χ3v) is 3.51. The van der Waals surface area contributed by atoms with Gasteiger partial charge in [-0.05, 0) is 25.3 Å². The number of aryl methyl sites for hydroxylation is 1. The summed E-state index contributed by atoms with van der Waals surface area (Å²) < 4.78 is 1.45. The van der Waals surface area contributed by atoms with Crippen molar-refractivity contribution in [2.24, 2.45) is 12.8 Å². The second-order valence-corrected chi connectivity index (χ2v) is 4.75. The van der Waals surface area contributed by atoms with E-state index >= 15 is 0 Å². The molecule has 1 aromatic rings. The molecule has 1 saturated heterocycles. The minimum atomic E-state index is -0.165. The van der Waals surface area contributed by atoms with Crippen LogP contribution in [0.15, 0.2) is 23.1 Å². The molecule has 1 atom stereocenters. The number of nitrogens with zero attached hydrogens (tertiary/aromatic N) is 2. The van der Waals surface area contributed by atoms with Crippen molar-refractivity contribution in [2.75, 3.05) is 13.1 Å². The predicted octanol–water partition coefficient (Wildman–Crippen LogP) is 0.761. The van der Waals surface area contributed by atoms with E-state index in [1.807, 2.05) is 0 Å². The van der Waals surface area contributed by atoms with Gasteiger partial charge in [0.05, 0.1) is 0 Å². The number of amides is 1. The van der Waals surface area contributed by atoms with E-state index in [9.17, 15) is 9.59 Å². The Balaban J connectivity index is 0.00000180. The van der Waals surface area contributed by atoms with Crippen molar-refractivity contribution in [2.45, 2.75) is 25.3 Å². The number of likely N-dealkylation sites (tertiary alicyclic amines) is 1. The second-order valence-electron chi connectivity index (χ2n) is 4.75. The molecule has 2 rings (SSSR count). The molecule has 0 bridgehead atoms.